The number of fused-ring (bicyclic) bond motifs is 1. The average Bonchev–Trinajstić information content (AvgIpc) is 2.60. The third-order valence-electron chi connectivity index (χ3n) is 3.56. The molecule has 0 aliphatic carbocycles. The van der Waals surface area contributed by atoms with Gasteiger partial charge in [-0.25, -0.2) is 4.98 Å². The Kier molecular flexibility index (Phi) is 2.71. The van der Waals surface area contributed by atoms with E-state index in [1.165, 1.54) is 42.5 Å². The fourth-order valence-electron chi connectivity index (χ4n) is 2.55. The zero-order valence-corrected chi connectivity index (χ0v) is 10.3. The summed E-state index contributed by atoms with van der Waals surface area (Å²) in [6.07, 6.45) is 7.16. The molecule has 0 bridgehead atoms. The first kappa shape index (κ1) is 10.6. The van der Waals surface area contributed by atoms with Crippen molar-refractivity contribution >= 4 is 0 Å². The topological polar surface area (TPSA) is 17.8 Å². The van der Waals surface area contributed by atoms with E-state index in [1.807, 2.05) is 0 Å². The molecule has 0 saturated heterocycles. The number of hydrogen-bond acceptors (Lipinski definition) is 1. The largest absolute Gasteiger partial charge is 0.328 e. The lowest BCUT2D eigenvalue weighted by molar-refractivity contribution is 0.637. The molecule has 0 saturated carbocycles. The van der Waals surface area contributed by atoms with E-state index in [4.69, 9.17) is 0 Å². The first-order valence-corrected chi connectivity index (χ1v) is 6.46. The zero-order chi connectivity index (χ0) is 11.7. The second-order valence-electron chi connectivity index (χ2n) is 4.90. The normalized spacial score (nSPS) is 15.4. The van der Waals surface area contributed by atoms with Crippen molar-refractivity contribution in [3.8, 4) is 11.4 Å². The van der Waals surface area contributed by atoms with Gasteiger partial charge in [0.2, 0.25) is 0 Å². The van der Waals surface area contributed by atoms with Gasteiger partial charge in [0.25, 0.3) is 0 Å². The quantitative estimate of drug-likeness (QED) is 0.726. The Labute approximate surface area is 102 Å². The molecule has 2 aromatic rings. The molecule has 88 valence electrons. The highest BCUT2D eigenvalue weighted by atomic mass is 15.1. The molecule has 2 heteroatoms. The van der Waals surface area contributed by atoms with E-state index in [9.17, 15) is 0 Å². The smallest absolute Gasteiger partial charge is 0.140 e. The number of aromatic nitrogens is 2. The molecule has 1 aromatic heterocycles. The highest BCUT2D eigenvalue weighted by molar-refractivity contribution is 5.56. The summed E-state index contributed by atoms with van der Waals surface area (Å²) in [5.41, 5.74) is 3.94. The van der Waals surface area contributed by atoms with Crippen LogP contribution in [0.25, 0.3) is 11.4 Å². The highest BCUT2D eigenvalue weighted by Gasteiger charge is 2.13. The molecule has 2 heterocycles. The highest BCUT2D eigenvalue weighted by Crippen LogP contribution is 2.24. The fourth-order valence-corrected chi connectivity index (χ4v) is 2.55. The van der Waals surface area contributed by atoms with Crippen LogP contribution in [-0.4, -0.2) is 9.55 Å². The maximum absolute atomic E-state index is 4.60. The summed E-state index contributed by atoms with van der Waals surface area (Å²) in [6, 6.07) is 8.67. The van der Waals surface area contributed by atoms with E-state index in [-0.39, 0.29) is 0 Å². The molecule has 0 unspecified atom stereocenters. The monoisotopic (exact) mass is 226 g/mol. The minimum absolute atomic E-state index is 1.12. The second-order valence-corrected chi connectivity index (χ2v) is 4.90. The molecule has 2 nitrogen and oxygen atoms in total. The van der Waals surface area contributed by atoms with Gasteiger partial charge >= 0.3 is 0 Å². The summed E-state index contributed by atoms with van der Waals surface area (Å²) in [4.78, 5) is 4.60. The maximum Gasteiger partial charge on any atom is 0.140 e. The molecule has 0 spiro atoms. The van der Waals surface area contributed by atoms with Gasteiger partial charge in [0.1, 0.15) is 5.82 Å². The van der Waals surface area contributed by atoms with Gasteiger partial charge in [-0.3, -0.25) is 0 Å². The summed E-state index contributed by atoms with van der Waals surface area (Å²) in [7, 11) is 0. The summed E-state index contributed by atoms with van der Waals surface area (Å²) in [6.45, 7) is 3.24. The van der Waals surface area contributed by atoms with Gasteiger partial charge in [0, 0.05) is 24.0 Å². The molecule has 1 aliphatic rings. The van der Waals surface area contributed by atoms with Gasteiger partial charge in [-0.1, -0.05) is 36.2 Å². The van der Waals surface area contributed by atoms with Crippen molar-refractivity contribution in [2.75, 3.05) is 0 Å². The zero-order valence-electron chi connectivity index (χ0n) is 10.3. The molecule has 3 rings (SSSR count). The lowest BCUT2D eigenvalue weighted by Crippen LogP contribution is -2.02. The van der Waals surface area contributed by atoms with Crippen LogP contribution in [0.4, 0.5) is 0 Å². The maximum atomic E-state index is 4.60. The van der Waals surface area contributed by atoms with Gasteiger partial charge in [-0.15, -0.1) is 0 Å². The summed E-state index contributed by atoms with van der Waals surface area (Å²) >= 11 is 0. The van der Waals surface area contributed by atoms with Crippen molar-refractivity contribution in [3.63, 3.8) is 0 Å². The van der Waals surface area contributed by atoms with Crippen molar-refractivity contribution in [1.29, 1.82) is 0 Å². The lowest BCUT2D eigenvalue weighted by Gasteiger charge is -2.08. The third-order valence-corrected chi connectivity index (χ3v) is 3.56. The Hall–Kier alpha value is -1.57. The van der Waals surface area contributed by atoms with Gasteiger partial charge < -0.3 is 4.57 Å². The number of imidazole rings is 1. The van der Waals surface area contributed by atoms with E-state index in [0.29, 0.717) is 0 Å². The van der Waals surface area contributed by atoms with E-state index >= 15 is 0 Å². The first-order chi connectivity index (χ1) is 8.34. The van der Waals surface area contributed by atoms with Crippen LogP contribution in [0.15, 0.2) is 30.5 Å². The van der Waals surface area contributed by atoms with Crippen LogP contribution in [0.2, 0.25) is 0 Å². The van der Waals surface area contributed by atoms with E-state index in [2.05, 4.69) is 46.9 Å². The van der Waals surface area contributed by atoms with Crippen LogP contribution in [-0.2, 0) is 13.0 Å². The number of rotatable bonds is 1. The minimum Gasteiger partial charge on any atom is -0.328 e. The van der Waals surface area contributed by atoms with Crippen LogP contribution >= 0.6 is 0 Å². The Morgan fingerprint density at radius 1 is 1.06 bits per heavy atom. The predicted octanol–water partition coefficient (Wildman–Crippen LogP) is 3.58. The van der Waals surface area contributed by atoms with Crippen LogP contribution in [0.1, 0.15) is 30.5 Å². The van der Waals surface area contributed by atoms with Crippen LogP contribution in [0.3, 0.4) is 0 Å². The van der Waals surface area contributed by atoms with Gasteiger partial charge in [-0.2, -0.15) is 0 Å². The van der Waals surface area contributed by atoms with E-state index in [0.717, 1.165) is 12.4 Å². The van der Waals surface area contributed by atoms with Crippen LogP contribution in [0, 0.1) is 6.92 Å². The van der Waals surface area contributed by atoms with Gasteiger partial charge in [-0.05, 0) is 26.2 Å². The molecule has 1 aromatic carbocycles. The van der Waals surface area contributed by atoms with E-state index in [1.54, 1.807) is 0 Å². The summed E-state index contributed by atoms with van der Waals surface area (Å²) in [5, 5.41) is 0. The third kappa shape index (κ3) is 1.99. The SMILES string of the molecule is Cc1ccc(-c2ncc3n2CCCCC3)cc1. The standard InChI is InChI=1S/C15H18N2/c1-12-6-8-13(9-7-12)15-16-11-14-5-3-2-4-10-17(14)15/h6-9,11H,2-5,10H2,1H3. The molecule has 0 fully saturated rings. The first-order valence-electron chi connectivity index (χ1n) is 6.46. The number of benzene rings is 1. The van der Waals surface area contributed by atoms with Crippen molar-refractivity contribution in [2.24, 2.45) is 0 Å². The molecule has 17 heavy (non-hydrogen) atoms. The van der Waals surface area contributed by atoms with Crippen molar-refractivity contribution < 1.29 is 0 Å². The molecule has 0 N–H and O–H groups in total. The predicted molar refractivity (Wildman–Crippen MR) is 70.0 cm³/mol. The molecular formula is C15H18N2. The van der Waals surface area contributed by atoms with Gasteiger partial charge in [0.15, 0.2) is 0 Å². The number of hydrogen-bond donors (Lipinski definition) is 0. The van der Waals surface area contributed by atoms with E-state index < -0.39 is 0 Å². The number of aryl methyl sites for hydroxylation is 2. The molecule has 1 aliphatic heterocycles. The lowest BCUT2D eigenvalue weighted by atomic mass is 10.1. The summed E-state index contributed by atoms with van der Waals surface area (Å²) < 4.78 is 2.40. The number of nitrogens with zero attached hydrogens (tertiary/aromatic N) is 2. The van der Waals surface area contributed by atoms with Crippen molar-refractivity contribution in [3.05, 3.63) is 41.7 Å². The second kappa shape index (κ2) is 4.36. The Bertz CT molecular complexity index is 508. The minimum atomic E-state index is 1.12. The Morgan fingerprint density at radius 3 is 2.71 bits per heavy atom. The Balaban J connectivity index is 2.03. The Morgan fingerprint density at radius 2 is 1.88 bits per heavy atom. The average molecular weight is 226 g/mol. The summed E-state index contributed by atoms with van der Waals surface area (Å²) in [5.74, 6) is 1.14. The van der Waals surface area contributed by atoms with Crippen LogP contribution in [0.5, 0.6) is 0 Å². The van der Waals surface area contributed by atoms with Gasteiger partial charge in [0.05, 0.1) is 0 Å². The molecule has 0 radical (unpaired) electrons. The molecular weight excluding hydrogens is 208 g/mol. The molecule has 0 atom stereocenters. The van der Waals surface area contributed by atoms with Crippen LogP contribution < -0.4 is 0 Å². The van der Waals surface area contributed by atoms with Crippen molar-refractivity contribution in [2.45, 2.75) is 39.2 Å². The fraction of sp³-hybridized carbons (Fsp3) is 0.400. The molecule has 0 amide bonds. The van der Waals surface area contributed by atoms with Crippen molar-refractivity contribution in [1.82, 2.24) is 9.55 Å².